The molecule has 0 heterocycles. The van der Waals surface area contributed by atoms with Crippen molar-refractivity contribution >= 4 is 23.5 Å². The number of nitrogens with one attached hydrogen (secondary N) is 1. The van der Waals surface area contributed by atoms with Crippen molar-refractivity contribution in [3.05, 3.63) is 127 Å². The third-order valence-electron chi connectivity index (χ3n) is 5.35. The molecule has 140 valence electrons. The summed E-state index contributed by atoms with van der Waals surface area (Å²) in [5.41, 5.74) is 5.82. The number of rotatable bonds is 4. The van der Waals surface area contributed by atoms with Crippen molar-refractivity contribution in [3.8, 4) is 11.1 Å². The van der Waals surface area contributed by atoms with E-state index in [0.717, 1.165) is 27.3 Å². The van der Waals surface area contributed by atoms with E-state index in [0.29, 0.717) is 0 Å². The van der Waals surface area contributed by atoms with Gasteiger partial charge in [0.1, 0.15) is 0 Å². The van der Waals surface area contributed by atoms with E-state index >= 15 is 0 Å². The van der Waals surface area contributed by atoms with Crippen molar-refractivity contribution in [2.45, 2.75) is 0 Å². The van der Waals surface area contributed by atoms with Gasteiger partial charge in [-0.25, -0.2) is 0 Å². The minimum absolute atomic E-state index is 0.794. The zero-order valence-electron chi connectivity index (χ0n) is 15.8. The topological polar surface area (TPSA) is 29.1 Å². The summed E-state index contributed by atoms with van der Waals surface area (Å²) < 4.78 is 14.2. The minimum Gasteiger partial charge on any atom is -0.335 e. The van der Waals surface area contributed by atoms with E-state index in [1.54, 1.807) is 0 Å². The quantitative estimate of drug-likeness (QED) is 0.404. The van der Waals surface area contributed by atoms with Crippen molar-refractivity contribution in [3.63, 3.8) is 0 Å². The first-order chi connectivity index (χ1) is 14.3. The molecule has 1 N–H and O–H groups in total. The van der Waals surface area contributed by atoms with Crippen LogP contribution in [0.4, 0.5) is 0 Å². The first kappa shape index (κ1) is 17.7. The van der Waals surface area contributed by atoms with Gasteiger partial charge in [-0.15, -0.1) is 0 Å². The zero-order chi connectivity index (χ0) is 19.7. The molecular weight excluding hydrogens is 373 g/mol. The van der Waals surface area contributed by atoms with Crippen LogP contribution in [0.3, 0.4) is 0 Å². The Morgan fingerprint density at radius 3 is 1.34 bits per heavy atom. The van der Waals surface area contributed by atoms with Crippen molar-refractivity contribution in [2.24, 2.45) is 0 Å². The highest BCUT2D eigenvalue weighted by Crippen LogP contribution is 2.45. The number of fused-ring (bicyclic) bond motifs is 3. The lowest BCUT2D eigenvalue weighted by Crippen LogP contribution is -2.24. The SMILES string of the molecule is O=P(NC=C1c2ccccc2-c2ccccc21)(c1ccccc1)c1ccccc1. The average Bonchev–Trinajstić information content (AvgIpc) is 3.12. The summed E-state index contributed by atoms with van der Waals surface area (Å²) in [5.74, 6) is 0. The van der Waals surface area contributed by atoms with E-state index in [9.17, 15) is 4.57 Å². The van der Waals surface area contributed by atoms with Crippen LogP contribution in [-0.2, 0) is 4.57 Å². The van der Waals surface area contributed by atoms with Crippen LogP contribution >= 0.6 is 7.29 Å². The van der Waals surface area contributed by atoms with E-state index in [4.69, 9.17) is 0 Å². The largest absolute Gasteiger partial charge is 0.335 e. The Balaban J connectivity index is 1.65. The molecule has 0 atom stereocenters. The molecule has 3 heteroatoms. The van der Waals surface area contributed by atoms with Crippen molar-refractivity contribution in [2.75, 3.05) is 0 Å². The molecule has 4 aromatic rings. The van der Waals surface area contributed by atoms with Gasteiger partial charge in [0.15, 0.2) is 0 Å². The highest BCUT2D eigenvalue weighted by Gasteiger charge is 2.28. The summed E-state index contributed by atoms with van der Waals surface area (Å²) >= 11 is 0. The molecule has 0 saturated carbocycles. The molecule has 0 aromatic heterocycles. The lowest BCUT2D eigenvalue weighted by molar-refractivity contribution is 0.583. The highest BCUT2D eigenvalue weighted by atomic mass is 31.2. The van der Waals surface area contributed by atoms with Crippen LogP contribution in [0.25, 0.3) is 16.7 Å². The van der Waals surface area contributed by atoms with E-state index in [-0.39, 0.29) is 0 Å². The van der Waals surface area contributed by atoms with Crippen LogP contribution in [0, 0.1) is 0 Å². The maximum Gasteiger partial charge on any atom is 0.226 e. The van der Waals surface area contributed by atoms with Gasteiger partial charge in [0.2, 0.25) is 7.29 Å². The van der Waals surface area contributed by atoms with Gasteiger partial charge in [0, 0.05) is 22.4 Å². The fraction of sp³-hybridized carbons (Fsp3) is 0. The number of hydrogen-bond acceptors (Lipinski definition) is 1. The molecule has 0 amide bonds. The molecule has 2 nitrogen and oxygen atoms in total. The van der Waals surface area contributed by atoms with Crippen molar-refractivity contribution < 1.29 is 4.57 Å². The van der Waals surface area contributed by atoms with Crippen LogP contribution in [0.15, 0.2) is 115 Å². The molecule has 4 aromatic carbocycles. The summed E-state index contributed by atoms with van der Waals surface area (Å²) in [6.07, 6.45) is 1.94. The predicted octanol–water partition coefficient (Wildman–Crippen LogP) is 5.57. The first-order valence-corrected chi connectivity index (χ1v) is 11.4. The van der Waals surface area contributed by atoms with Crippen molar-refractivity contribution in [1.82, 2.24) is 5.09 Å². The summed E-state index contributed by atoms with van der Waals surface area (Å²) in [7, 11) is -3.03. The molecule has 0 radical (unpaired) electrons. The third-order valence-corrected chi connectivity index (χ3v) is 7.90. The second-order valence-corrected chi connectivity index (χ2v) is 9.57. The van der Waals surface area contributed by atoms with Gasteiger partial charge in [-0.3, -0.25) is 4.57 Å². The highest BCUT2D eigenvalue weighted by molar-refractivity contribution is 7.77. The number of benzene rings is 4. The molecule has 0 saturated heterocycles. The lowest BCUT2D eigenvalue weighted by Gasteiger charge is -2.20. The molecule has 29 heavy (non-hydrogen) atoms. The maximum absolute atomic E-state index is 14.2. The summed E-state index contributed by atoms with van der Waals surface area (Å²) in [5, 5.41) is 4.93. The minimum atomic E-state index is -3.03. The Bertz CT molecular complexity index is 1150. The predicted molar refractivity (Wildman–Crippen MR) is 122 cm³/mol. The monoisotopic (exact) mass is 393 g/mol. The van der Waals surface area contributed by atoms with Crippen LogP contribution in [0.1, 0.15) is 11.1 Å². The molecule has 1 aliphatic rings. The summed E-state index contributed by atoms with van der Waals surface area (Å²) in [6, 6.07) is 36.1. The fourth-order valence-corrected chi connectivity index (χ4v) is 6.03. The van der Waals surface area contributed by atoms with Gasteiger partial charge in [0.05, 0.1) is 0 Å². The molecule has 0 fully saturated rings. The van der Waals surface area contributed by atoms with Crippen LogP contribution in [0.5, 0.6) is 0 Å². The third kappa shape index (κ3) is 3.03. The van der Waals surface area contributed by atoms with Gasteiger partial charge >= 0.3 is 0 Å². The molecule has 5 rings (SSSR count). The van der Waals surface area contributed by atoms with Gasteiger partial charge < -0.3 is 5.09 Å². The van der Waals surface area contributed by atoms with Gasteiger partial charge in [0.25, 0.3) is 0 Å². The molecule has 0 aliphatic heterocycles. The first-order valence-electron chi connectivity index (χ1n) is 9.66. The van der Waals surface area contributed by atoms with E-state index in [1.165, 1.54) is 11.1 Å². The second kappa shape index (κ2) is 7.24. The zero-order valence-corrected chi connectivity index (χ0v) is 16.7. The Morgan fingerprint density at radius 2 is 0.897 bits per heavy atom. The molecule has 0 bridgehead atoms. The van der Waals surface area contributed by atoms with Gasteiger partial charge in [-0.2, -0.15) is 0 Å². The summed E-state index contributed by atoms with van der Waals surface area (Å²) in [6.45, 7) is 0. The van der Waals surface area contributed by atoms with E-state index in [2.05, 4.69) is 41.5 Å². The normalized spacial score (nSPS) is 12.2. The Morgan fingerprint density at radius 1 is 0.517 bits per heavy atom. The van der Waals surface area contributed by atoms with E-state index < -0.39 is 7.29 Å². The Hall–Kier alpha value is -3.35. The standard InChI is InChI=1S/C26H20NOP/c28-29(20-11-3-1-4-12-20,21-13-5-2-6-14-21)27-19-26-24-17-9-7-15-22(24)23-16-8-10-18-25(23)26/h1-19H,(H,27,28). The van der Waals surface area contributed by atoms with Crippen LogP contribution < -0.4 is 15.7 Å². The van der Waals surface area contributed by atoms with Crippen LogP contribution in [0.2, 0.25) is 0 Å². The molecule has 1 aliphatic carbocycles. The summed E-state index contributed by atoms with van der Waals surface area (Å²) in [4.78, 5) is 0. The van der Waals surface area contributed by atoms with Crippen molar-refractivity contribution in [1.29, 1.82) is 0 Å². The lowest BCUT2D eigenvalue weighted by atomic mass is 10.1. The van der Waals surface area contributed by atoms with Gasteiger partial charge in [-0.1, -0.05) is 84.9 Å². The molecule has 0 unspecified atom stereocenters. The van der Waals surface area contributed by atoms with Crippen LogP contribution in [-0.4, -0.2) is 0 Å². The Kier molecular flexibility index (Phi) is 4.42. The average molecular weight is 393 g/mol. The Labute approximate surface area is 171 Å². The van der Waals surface area contributed by atoms with Gasteiger partial charge in [-0.05, 0) is 46.5 Å². The molecule has 0 spiro atoms. The molecular formula is C26H20NOP. The maximum atomic E-state index is 14.2. The second-order valence-electron chi connectivity index (χ2n) is 7.06. The number of hydrogen-bond donors (Lipinski definition) is 1. The smallest absolute Gasteiger partial charge is 0.226 e. The van der Waals surface area contributed by atoms with E-state index in [1.807, 2.05) is 79.0 Å². The fourth-order valence-electron chi connectivity index (χ4n) is 3.94.